The van der Waals surface area contributed by atoms with Crippen molar-refractivity contribution in [2.75, 3.05) is 18.0 Å². The molecule has 4 rings (SSSR count). The first-order chi connectivity index (χ1) is 10.1. The standard InChI is InChI=1S/C16H17FN2O2/c17-12-7-11-13(8-14(12)18-5-1-2-6-18)19(10-3-4-10)9-15(20)16(11)21/h7-10,20H,1-6H2. The summed E-state index contributed by atoms with van der Waals surface area (Å²) in [6.07, 6.45) is 5.71. The number of halogens is 1. The first kappa shape index (κ1) is 12.7. The zero-order valence-corrected chi connectivity index (χ0v) is 11.7. The molecule has 1 aromatic heterocycles. The zero-order chi connectivity index (χ0) is 14.6. The minimum absolute atomic E-state index is 0.266. The molecule has 4 nitrogen and oxygen atoms in total. The van der Waals surface area contributed by atoms with E-state index in [1.54, 1.807) is 6.07 Å². The molecular weight excluding hydrogens is 271 g/mol. The van der Waals surface area contributed by atoms with Gasteiger partial charge in [-0.25, -0.2) is 4.39 Å². The molecule has 5 heteroatoms. The third-order valence-corrected chi connectivity index (χ3v) is 4.47. The lowest BCUT2D eigenvalue weighted by Gasteiger charge is -2.20. The fraction of sp³-hybridized carbons (Fsp3) is 0.438. The summed E-state index contributed by atoms with van der Waals surface area (Å²) >= 11 is 0. The van der Waals surface area contributed by atoms with E-state index in [0.717, 1.165) is 44.3 Å². The summed E-state index contributed by atoms with van der Waals surface area (Å²) in [5, 5.41) is 10.0. The molecule has 1 aromatic carbocycles. The van der Waals surface area contributed by atoms with Gasteiger partial charge in [0.2, 0.25) is 5.43 Å². The second kappa shape index (κ2) is 4.48. The van der Waals surface area contributed by atoms with Crippen LogP contribution in [0.2, 0.25) is 0 Å². The quantitative estimate of drug-likeness (QED) is 0.924. The molecule has 2 aromatic rings. The molecule has 0 bridgehead atoms. The maximum Gasteiger partial charge on any atom is 0.231 e. The van der Waals surface area contributed by atoms with E-state index in [0.29, 0.717) is 11.7 Å². The van der Waals surface area contributed by atoms with E-state index in [2.05, 4.69) is 0 Å². The fourth-order valence-corrected chi connectivity index (χ4v) is 3.20. The van der Waals surface area contributed by atoms with Gasteiger partial charge in [-0.05, 0) is 37.8 Å². The molecule has 2 heterocycles. The van der Waals surface area contributed by atoms with E-state index in [9.17, 15) is 14.3 Å². The van der Waals surface area contributed by atoms with Crippen LogP contribution in [0.3, 0.4) is 0 Å². The zero-order valence-electron chi connectivity index (χ0n) is 11.7. The van der Waals surface area contributed by atoms with E-state index >= 15 is 0 Å². The van der Waals surface area contributed by atoms with Crippen molar-refractivity contribution in [3.8, 4) is 5.75 Å². The summed E-state index contributed by atoms with van der Waals surface area (Å²) < 4.78 is 16.3. The van der Waals surface area contributed by atoms with Gasteiger partial charge in [-0.1, -0.05) is 0 Å². The lowest BCUT2D eigenvalue weighted by molar-refractivity contribution is 0.463. The number of aromatic nitrogens is 1. The predicted octanol–water partition coefficient (Wildman–Crippen LogP) is 2.78. The average Bonchev–Trinajstić information content (AvgIpc) is 3.17. The molecule has 0 radical (unpaired) electrons. The Bertz CT molecular complexity index is 774. The van der Waals surface area contributed by atoms with Crippen molar-refractivity contribution in [2.45, 2.75) is 31.7 Å². The molecule has 110 valence electrons. The van der Waals surface area contributed by atoms with Crippen LogP contribution in [-0.4, -0.2) is 22.8 Å². The third-order valence-electron chi connectivity index (χ3n) is 4.47. The minimum atomic E-state index is -0.492. The molecule has 0 spiro atoms. The van der Waals surface area contributed by atoms with Crippen LogP contribution in [0.25, 0.3) is 10.9 Å². The minimum Gasteiger partial charge on any atom is -0.503 e. The Balaban J connectivity index is 1.98. The van der Waals surface area contributed by atoms with Gasteiger partial charge in [-0.15, -0.1) is 0 Å². The summed E-state index contributed by atoms with van der Waals surface area (Å²) in [5.74, 6) is -0.683. The maximum atomic E-state index is 14.4. The van der Waals surface area contributed by atoms with Crippen molar-refractivity contribution in [3.63, 3.8) is 0 Å². The lowest BCUT2D eigenvalue weighted by atomic mass is 10.1. The van der Waals surface area contributed by atoms with Gasteiger partial charge in [0.05, 0.1) is 22.8 Å². The number of aromatic hydroxyl groups is 1. The number of hydrogen-bond acceptors (Lipinski definition) is 3. The van der Waals surface area contributed by atoms with Crippen LogP contribution in [0.4, 0.5) is 10.1 Å². The van der Waals surface area contributed by atoms with E-state index in [1.165, 1.54) is 12.3 Å². The van der Waals surface area contributed by atoms with Gasteiger partial charge >= 0.3 is 0 Å². The Kier molecular flexibility index (Phi) is 2.71. The van der Waals surface area contributed by atoms with Crippen LogP contribution < -0.4 is 10.3 Å². The maximum absolute atomic E-state index is 14.4. The van der Waals surface area contributed by atoms with Crippen LogP contribution in [0.5, 0.6) is 5.75 Å². The van der Waals surface area contributed by atoms with Crippen LogP contribution in [0.15, 0.2) is 23.1 Å². The molecule has 21 heavy (non-hydrogen) atoms. The molecule has 1 saturated carbocycles. The highest BCUT2D eigenvalue weighted by molar-refractivity contribution is 5.84. The number of hydrogen-bond donors (Lipinski definition) is 1. The van der Waals surface area contributed by atoms with Crippen molar-refractivity contribution >= 4 is 16.6 Å². The molecule has 2 aliphatic rings. The number of anilines is 1. The first-order valence-corrected chi connectivity index (χ1v) is 7.47. The largest absolute Gasteiger partial charge is 0.503 e. The third kappa shape index (κ3) is 1.99. The van der Waals surface area contributed by atoms with Gasteiger partial charge < -0.3 is 14.6 Å². The van der Waals surface area contributed by atoms with E-state index in [1.807, 2.05) is 9.47 Å². The number of benzene rings is 1. The highest BCUT2D eigenvalue weighted by Gasteiger charge is 2.27. The second-order valence-electron chi connectivity index (χ2n) is 6.00. The Morgan fingerprint density at radius 1 is 1.19 bits per heavy atom. The van der Waals surface area contributed by atoms with Crippen LogP contribution in [-0.2, 0) is 0 Å². The monoisotopic (exact) mass is 288 g/mol. The SMILES string of the molecule is O=c1c(O)cn(C2CC2)c2cc(N3CCCC3)c(F)cc12. The normalized spacial score (nSPS) is 18.6. The molecule has 0 unspecified atom stereocenters. The Labute approximate surface area is 121 Å². The first-order valence-electron chi connectivity index (χ1n) is 7.47. The highest BCUT2D eigenvalue weighted by atomic mass is 19.1. The Morgan fingerprint density at radius 3 is 2.57 bits per heavy atom. The Hall–Kier alpha value is -2.04. The molecule has 0 amide bonds. The summed E-state index contributed by atoms with van der Waals surface area (Å²) in [7, 11) is 0. The number of rotatable bonds is 2. The Morgan fingerprint density at radius 2 is 1.90 bits per heavy atom. The molecule has 0 atom stereocenters. The van der Waals surface area contributed by atoms with Crippen molar-refractivity contribution in [1.29, 1.82) is 0 Å². The molecule has 2 fully saturated rings. The van der Waals surface area contributed by atoms with Gasteiger partial charge in [-0.2, -0.15) is 0 Å². The van der Waals surface area contributed by atoms with Crippen molar-refractivity contribution in [3.05, 3.63) is 34.4 Å². The smallest absolute Gasteiger partial charge is 0.231 e. The van der Waals surface area contributed by atoms with Gasteiger partial charge in [0.15, 0.2) is 5.75 Å². The molecule has 1 saturated heterocycles. The number of fused-ring (bicyclic) bond motifs is 1. The summed E-state index contributed by atoms with van der Waals surface area (Å²) in [6, 6.07) is 3.37. The summed E-state index contributed by atoms with van der Waals surface area (Å²) in [6.45, 7) is 1.71. The highest BCUT2D eigenvalue weighted by Crippen LogP contribution is 2.38. The van der Waals surface area contributed by atoms with E-state index in [-0.39, 0.29) is 17.0 Å². The van der Waals surface area contributed by atoms with Crippen LogP contribution >= 0.6 is 0 Å². The number of pyridine rings is 1. The van der Waals surface area contributed by atoms with Crippen molar-refractivity contribution in [2.24, 2.45) is 0 Å². The van der Waals surface area contributed by atoms with Gasteiger partial charge in [0.1, 0.15) is 5.82 Å². The van der Waals surface area contributed by atoms with Gasteiger partial charge in [-0.3, -0.25) is 4.79 Å². The van der Waals surface area contributed by atoms with E-state index in [4.69, 9.17) is 0 Å². The fourth-order valence-electron chi connectivity index (χ4n) is 3.20. The predicted molar refractivity (Wildman–Crippen MR) is 79.5 cm³/mol. The van der Waals surface area contributed by atoms with Gasteiger partial charge in [0.25, 0.3) is 0 Å². The summed E-state index contributed by atoms with van der Waals surface area (Å²) in [4.78, 5) is 14.1. The number of nitrogens with zero attached hydrogens (tertiary/aromatic N) is 2. The molecule has 1 aliphatic heterocycles. The van der Waals surface area contributed by atoms with Crippen LogP contribution in [0.1, 0.15) is 31.7 Å². The second-order valence-corrected chi connectivity index (χ2v) is 6.00. The topological polar surface area (TPSA) is 45.5 Å². The molecule has 1 N–H and O–H groups in total. The van der Waals surface area contributed by atoms with Crippen molar-refractivity contribution in [1.82, 2.24) is 4.57 Å². The van der Waals surface area contributed by atoms with Crippen molar-refractivity contribution < 1.29 is 9.50 Å². The molecule has 1 aliphatic carbocycles. The lowest BCUT2D eigenvalue weighted by Crippen LogP contribution is -2.20. The average molecular weight is 288 g/mol. The molecular formula is C16H17FN2O2. The van der Waals surface area contributed by atoms with E-state index < -0.39 is 5.43 Å². The van der Waals surface area contributed by atoms with Crippen LogP contribution in [0, 0.1) is 5.82 Å². The summed E-state index contributed by atoms with van der Waals surface area (Å²) in [5.41, 5.74) is 0.803. The van der Waals surface area contributed by atoms with Gasteiger partial charge in [0, 0.05) is 19.1 Å².